The van der Waals surface area contributed by atoms with Crippen LogP contribution in [0, 0.1) is 5.92 Å². The minimum atomic E-state index is -0.917. The number of nitrogens with zero attached hydrogens (tertiary/aromatic N) is 1. The SMILES string of the molecule is O=C(O)c1cccc(C[C@@H]2CCN(C(=O)c3scc4c3OCCO4)C2)c1. The number of hydrogen-bond acceptors (Lipinski definition) is 5. The molecule has 1 aromatic carbocycles. The van der Waals surface area contributed by atoms with Crippen molar-refractivity contribution in [2.75, 3.05) is 26.3 Å². The largest absolute Gasteiger partial charge is 0.485 e. The van der Waals surface area contributed by atoms with Crippen LogP contribution in [0.15, 0.2) is 29.6 Å². The van der Waals surface area contributed by atoms with E-state index in [-0.39, 0.29) is 5.91 Å². The Morgan fingerprint density at radius 1 is 1.27 bits per heavy atom. The minimum absolute atomic E-state index is 0.0106. The van der Waals surface area contributed by atoms with Gasteiger partial charge in [0.2, 0.25) is 0 Å². The number of rotatable bonds is 4. The molecule has 136 valence electrons. The Balaban J connectivity index is 1.42. The highest BCUT2D eigenvalue weighted by molar-refractivity contribution is 7.12. The summed E-state index contributed by atoms with van der Waals surface area (Å²) in [5.41, 5.74) is 1.30. The molecule has 26 heavy (non-hydrogen) atoms. The Labute approximate surface area is 155 Å². The van der Waals surface area contributed by atoms with Gasteiger partial charge in [0, 0.05) is 18.5 Å². The van der Waals surface area contributed by atoms with Crippen molar-refractivity contribution in [2.24, 2.45) is 5.92 Å². The Hall–Kier alpha value is -2.54. The Morgan fingerprint density at radius 2 is 2.12 bits per heavy atom. The van der Waals surface area contributed by atoms with Crippen molar-refractivity contribution in [3.8, 4) is 11.5 Å². The topological polar surface area (TPSA) is 76.1 Å². The van der Waals surface area contributed by atoms with E-state index in [9.17, 15) is 9.59 Å². The summed E-state index contributed by atoms with van der Waals surface area (Å²) in [5.74, 6) is 0.633. The zero-order valence-electron chi connectivity index (χ0n) is 14.1. The molecule has 0 aliphatic carbocycles. The zero-order valence-corrected chi connectivity index (χ0v) is 15.0. The van der Waals surface area contributed by atoms with E-state index in [2.05, 4.69) is 0 Å². The van der Waals surface area contributed by atoms with Gasteiger partial charge in [0.1, 0.15) is 18.1 Å². The first kappa shape index (κ1) is 16.9. The van der Waals surface area contributed by atoms with E-state index in [1.54, 1.807) is 18.2 Å². The lowest BCUT2D eigenvalue weighted by Crippen LogP contribution is -2.29. The van der Waals surface area contributed by atoms with E-state index in [1.165, 1.54) is 11.3 Å². The summed E-state index contributed by atoms with van der Waals surface area (Å²) in [5, 5.41) is 10.9. The number of likely N-dealkylation sites (tertiary alicyclic amines) is 1. The second kappa shape index (κ2) is 6.99. The highest BCUT2D eigenvalue weighted by atomic mass is 32.1. The molecule has 2 aliphatic rings. The van der Waals surface area contributed by atoms with E-state index in [0.717, 1.165) is 18.4 Å². The molecular weight excluding hydrogens is 354 g/mol. The molecule has 0 bridgehead atoms. The van der Waals surface area contributed by atoms with Gasteiger partial charge in [-0.05, 0) is 36.5 Å². The van der Waals surface area contributed by atoms with Gasteiger partial charge < -0.3 is 19.5 Å². The maximum absolute atomic E-state index is 12.8. The van der Waals surface area contributed by atoms with Gasteiger partial charge in [-0.2, -0.15) is 0 Å². The van der Waals surface area contributed by atoms with Crippen molar-refractivity contribution in [3.05, 3.63) is 45.6 Å². The van der Waals surface area contributed by atoms with Gasteiger partial charge in [-0.1, -0.05) is 12.1 Å². The average molecular weight is 373 g/mol. The fourth-order valence-corrected chi connectivity index (χ4v) is 4.40. The number of aromatic carboxylic acids is 1. The third kappa shape index (κ3) is 3.26. The van der Waals surface area contributed by atoms with E-state index < -0.39 is 5.97 Å². The van der Waals surface area contributed by atoms with Crippen LogP contribution in [0.1, 0.15) is 32.0 Å². The van der Waals surface area contributed by atoms with E-state index >= 15 is 0 Å². The van der Waals surface area contributed by atoms with Gasteiger partial charge in [0.25, 0.3) is 5.91 Å². The summed E-state index contributed by atoms with van der Waals surface area (Å²) in [6.07, 6.45) is 1.68. The van der Waals surface area contributed by atoms with E-state index in [1.807, 2.05) is 16.3 Å². The lowest BCUT2D eigenvalue weighted by atomic mass is 9.97. The van der Waals surface area contributed by atoms with Gasteiger partial charge in [-0.15, -0.1) is 11.3 Å². The molecule has 0 spiro atoms. The van der Waals surface area contributed by atoms with Gasteiger partial charge in [0.15, 0.2) is 11.5 Å². The number of hydrogen-bond donors (Lipinski definition) is 1. The third-order valence-corrected chi connectivity index (χ3v) is 5.69. The predicted octanol–water partition coefficient (Wildman–Crippen LogP) is 2.92. The normalized spacial score (nSPS) is 18.8. The third-order valence-electron chi connectivity index (χ3n) is 4.77. The average Bonchev–Trinajstić information content (AvgIpc) is 3.28. The molecule has 1 atom stereocenters. The standard InChI is InChI=1S/C19H19NO5S/c21-18(17-16-15(11-26-17)24-6-7-25-16)20-5-4-13(10-20)8-12-2-1-3-14(9-12)19(22)23/h1-3,9,11,13H,4-8,10H2,(H,22,23)/t13-/m0/s1. The fourth-order valence-electron chi connectivity index (χ4n) is 3.50. The van der Waals surface area contributed by atoms with Crippen molar-refractivity contribution >= 4 is 23.2 Å². The molecule has 2 aromatic rings. The van der Waals surface area contributed by atoms with Crippen molar-refractivity contribution in [2.45, 2.75) is 12.8 Å². The fraction of sp³-hybridized carbons (Fsp3) is 0.368. The molecule has 1 saturated heterocycles. The van der Waals surface area contributed by atoms with Crippen LogP contribution in [0.5, 0.6) is 11.5 Å². The summed E-state index contributed by atoms with van der Waals surface area (Å²) in [4.78, 5) is 26.4. The first-order chi connectivity index (χ1) is 12.6. The summed E-state index contributed by atoms with van der Waals surface area (Å²) in [6.45, 7) is 2.35. The van der Waals surface area contributed by atoms with Crippen molar-refractivity contribution in [1.82, 2.24) is 4.90 Å². The van der Waals surface area contributed by atoms with Crippen LogP contribution in [0.25, 0.3) is 0 Å². The van der Waals surface area contributed by atoms with Gasteiger partial charge in [-0.25, -0.2) is 4.79 Å². The molecule has 6 nitrogen and oxygen atoms in total. The first-order valence-corrected chi connectivity index (χ1v) is 9.48. The van der Waals surface area contributed by atoms with Crippen LogP contribution in [0.3, 0.4) is 0 Å². The van der Waals surface area contributed by atoms with Crippen molar-refractivity contribution in [1.29, 1.82) is 0 Å². The first-order valence-electron chi connectivity index (χ1n) is 8.60. The zero-order chi connectivity index (χ0) is 18.1. The number of carbonyl (C=O) groups excluding carboxylic acids is 1. The predicted molar refractivity (Wildman–Crippen MR) is 96.4 cm³/mol. The van der Waals surface area contributed by atoms with Gasteiger partial charge in [0.05, 0.1) is 5.56 Å². The highest BCUT2D eigenvalue weighted by Gasteiger charge is 2.31. The smallest absolute Gasteiger partial charge is 0.335 e. The van der Waals surface area contributed by atoms with Gasteiger partial charge in [-0.3, -0.25) is 4.79 Å². The molecule has 0 unspecified atom stereocenters. The number of amides is 1. The second-order valence-electron chi connectivity index (χ2n) is 6.57. The van der Waals surface area contributed by atoms with Crippen LogP contribution in [0.2, 0.25) is 0 Å². The van der Waals surface area contributed by atoms with Gasteiger partial charge >= 0.3 is 5.97 Å². The number of ether oxygens (including phenoxy) is 2. The lowest BCUT2D eigenvalue weighted by molar-refractivity contribution is 0.0696. The van der Waals surface area contributed by atoms with Crippen LogP contribution < -0.4 is 9.47 Å². The van der Waals surface area contributed by atoms with Crippen LogP contribution >= 0.6 is 11.3 Å². The summed E-state index contributed by atoms with van der Waals surface area (Å²) < 4.78 is 11.1. The molecule has 1 fully saturated rings. The number of carboxylic acids is 1. The maximum atomic E-state index is 12.8. The monoisotopic (exact) mass is 373 g/mol. The molecule has 2 aliphatic heterocycles. The van der Waals surface area contributed by atoms with E-state index in [4.69, 9.17) is 14.6 Å². The molecular formula is C19H19NO5S. The molecule has 1 amide bonds. The van der Waals surface area contributed by atoms with Crippen LogP contribution in [-0.4, -0.2) is 48.2 Å². The van der Waals surface area contributed by atoms with Crippen LogP contribution in [0.4, 0.5) is 0 Å². The maximum Gasteiger partial charge on any atom is 0.335 e. The van der Waals surface area contributed by atoms with Crippen LogP contribution in [-0.2, 0) is 6.42 Å². The number of carboxylic acid groups (broad SMARTS) is 1. The Kier molecular flexibility index (Phi) is 4.55. The number of thiophene rings is 1. The minimum Gasteiger partial charge on any atom is -0.485 e. The summed E-state index contributed by atoms with van der Waals surface area (Å²) >= 11 is 1.36. The lowest BCUT2D eigenvalue weighted by Gasteiger charge is -2.19. The molecule has 4 rings (SSSR count). The number of carbonyl (C=O) groups is 2. The summed E-state index contributed by atoms with van der Waals surface area (Å²) in [7, 11) is 0. The van der Waals surface area contributed by atoms with Crippen molar-refractivity contribution < 1.29 is 24.2 Å². The Bertz CT molecular complexity index is 846. The number of fused-ring (bicyclic) bond motifs is 1. The second-order valence-corrected chi connectivity index (χ2v) is 7.45. The Morgan fingerprint density at radius 3 is 2.96 bits per heavy atom. The molecule has 7 heteroatoms. The highest BCUT2D eigenvalue weighted by Crippen LogP contribution is 2.40. The molecule has 0 saturated carbocycles. The molecule has 0 radical (unpaired) electrons. The number of benzene rings is 1. The molecule has 1 aromatic heterocycles. The molecule has 1 N–H and O–H groups in total. The quantitative estimate of drug-likeness (QED) is 0.892. The molecule has 3 heterocycles. The van der Waals surface area contributed by atoms with E-state index in [0.29, 0.717) is 54.2 Å². The summed E-state index contributed by atoms with van der Waals surface area (Å²) in [6, 6.07) is 7.02. The van der Waals surface area contributed by atoms with Crippen molar-refractivity contribution in [3.63, 3.8) is 0 Å².